The fraction of sp³-hybridized carbons (Fsp3) is 1.00. The molecular weight excluding hydrogens is 162 g/mol. The number of hydrogen-bond acceptors (Lipinski definition) is 2. The maximum atomic E-state index is 5.41. The van der Waals surface area contributed by atoms with Gasteiger partial charge in [0.2, 0.25) is 0 Å². The Morgan fingerprint density at radius 3 is 2.38 bits per heavy atom. The largest absolute Gasteiger partial charge is 0.381 e. The molecule has 13 heavy (non-hydrogen) atoms. The minimum absolute atomic E-state index is 0.322. The predicted molar refractivity (Wildman–Crippen MR) is 56.0 cm³/mol. The summed E-state index contributed by atoms with van der Waals surface area (Å²) >= 11 is 0. The highest BCUT2D eigenvalue weighted by Crippen LogP contribution is 2.20. The van der Waals surface area contributed by atoms with Crippen molar-refractivity contribution in [1.29, 1.82) is 0 Å². The molecule has 0 saturated carbocycles. The van der Waals surface area contributed by atoms with Crippen LogP contribution in [0.25, 0.3) is 0 Å². The summed E-state index contributed by atoms with van der Waals surface area (Å²) < 4.78 is 5.41. The molecule has 1 rings (SSSR count). The van der Waals surface area contributed by atoms with Crippen molar-refractivity contribution in [2.75, 3.05) is 20.2 Å². The van der Waals surface area contributed by atoms with Gasteiger partial charge >= 0.3 is 0 Å². The van der Waals surface area contributed by atoms with Crippen LogP contribution in [0.3, 0.4) is 0 Å². The van der Waals surface area contributed by atoms with Crippen molar-refractivity contribution < 1.29 is 4.74 Å². The summed E-state index contributed by atoms with van der Waals surface area (Å²) in [5, 5.41) is 0. The first kappa shape index (κ1) is 11.0. The van der Waals surface area contributed by atoms with E-state index in [0.29, 0.717) is 11.6 Å². The zero-order valence-corrected chi connectivity index (χ0v) is 9.47. The van der Waals surface area contributed by atoms with E-state index >= 15 is 0 Å². The van der Waals surface area contributed by atoms with Crippen molar-refractivity contribution in [1.82, 2.24) is 4.90 Å². The zero-order valence-electron chi connectivity index (χ0n) is 9.47. The highest BCUT2D eigenvalue weighted by Gasteiger charge is 2.24. The van der Waals surface area contributed by atoms with E-state index in [1.165, 1.54) is 32.4 Å². The van der Waals surface area contributed by atoms with E-state index < -0.39 is 0 Å². The van der Waals surface area contributed by atoms with Gasteiger partial charge in [0.05, 0.1) is 6.10 Å². The standard InChI is InChI=1S/C11H23NO/c1-11(2,3)12-8-5-6-10(13-4)7-9-12/h10H,5-9H2,1-4H3. The van der Waals surface area contributed by atoms with E-state index in [1.54, 1.807) is 0 Å². The molecule has 0 N–H and O–H groups in total. The van der Waals surface area contributed by atoms with Gasteiger partial charge in [-0.05, 0) is 46.6 Å². The number of methoxy groups -OCH3 is 1. The van der Waals surface area contributed by atoms with E-state index in [2.05, 4.69) is 25.7 Å². The number of hydrogen-bond donors (Lipinski definition) is 0. The van der Waals surface area contributed by atoms with Gasteiger partial charge < -0.3 is 4.74 Å². The van der Waals surface area contributed by atoms with E-state index in [0.717, 1.165) is 0 Å². The summed E-state index contributed by atoms with van der Waals surface area (Å²) in [6.45, 7) is 9.28. The quantitative estimate of drug-likeness (QED) is 0.621. The van der Waals surface area contributed by atoms with Crippen LogP contribution in [0.5, 0.6) is 0 Å². The molecule has 1 aliphatic rings. The lowest BCUT2D eigenvalue weighted by Gasteiger charge is -2.34. The Labute approximate surface area is 82.3 Å². The second kappa shape index (κ2) is 4.43. The summed E-state index contributed by atoms with van der Waals surface area (Å²) in [5.74, 6) is 0. The highest BCUT2D eigenvalue weighted by molar-refractivity contribution is 4.80. The molecule has 1 heterocycles. The summed E-state index contributed by atoms with van der Waals surface area (Å²) in [5.41, 5.74) is 0.322. The van der Waals surface area contributed by atoms with E-state index in [1.807, 2.05) is 7.11 Å². The van der Waals surface area contributed by atoms with Gasteiger partial charge in [-0.2, -0.15) is 0 Å². The van der Waals surface area contributed by atoms with Crippen LogP contribution in [0.4, 0.5) is 0 Å². The molecule has 1 atom stereocenters. The summed E-state index contributed by atoms with van der Waals surface area (Å²) in [6.07, 6.45) is 4.18. The average molecular weight is 185 g/mol. The predicted octanol–water partition coefficient (Wildman–Crippen LogP) is 2.29. The first-order valence-electron chi connectivity index (χ1n) is 5.32. The van der Waals surface area contributed by atoms with Crippen LogP contribution < -0.4 is 0 Å². The van der Waals surface area contributed by atoms with Gasteiger partial charge in [-0.25, -0.2) is 0 Å². The van der Waals surface area contributed by atoms with E-state index in [9.17, 15) is 0 Å². The topological polar surface area (TPSA) is 12.5 Å². The molecule has 2 nitrogen and oxygen atoms in total. The van der Waals surface area contributed by atoms with Crippen molar-refractivity contribution >= 4 is 0 Å². The molecule has 1 fully saturated rings. The third kappa shape index (κ3) is 3.28. The van der Waals surface area contributed by atoms with E-state index in [-0.39, 0.29) is 0 Å². The molecule has 0 aromatic rings. The normalized spacial score (nSPS) is 27.2. The van der Waals surface area contributed by atoms with Crippen molar-refractivity contribution in [3.05, 3.63) is 0 Å². The molecule has 0 amide bonds. The Balaban J connectivity index is 2.45. The Hall–Kier alpha value is -0.0800. The molecule has 0 aliphatic carbocycles. The number of nitrogens with zero attached hydrogens (tertiary/aromatic N) is 1. The highest BCUT2D eigenvalue weighted by atomic mass is 16.5. The smallest absolute Gasteiger partial charge is 0.0584 e. The number of likely N-dealkylation sites (tertiary alicyclic amines) is 1. The number of rotatable bonds is 1. The summed E-state index contributed by atoms with van der Waals surface area (Å²) in [7, 11) is 1.83. The van der Waals surface area contributed by atoms with Crippen LogP contribution in [-0.4, -0.2) is 36.7 Å². The van der Waals surface area contributed by atoms with Gasteiger partial charge in [0.1, 0.15) is 0 Å². The van der Waals surface area contributed by atoms with Crippen molar-refractivity contribution in [3.8, 4) is 0 Å². The first-order valence-corrected chi connectivity index (χ1v) is 5.32. The van der Waals surface area contributed by atoms with Crippen LogP contribution in [0.2, 0.25) is 0 Å². The molecular formula is C11H23NO. The molecule has 1 aliphatic heterocycles. The lowest BCUT2D eigenvalue weighted by Crippen LogP contribution is -2.42. The van der Waals surface area contributed by atoms with E-state index in [4.69, 9.17) is 4.74 Å². The van der Waals surface area contributed by atoms with Crippen LogP contribution in [0.15, 0.2) is 0 Å². The van der Waals surface area contributed by atoms with Crippen molar-refractivity contribution in [3.63, 3.8) is 0 Å². The van der Waals surface area contributed by atoms with Crippen LogP contribution in [-0.2, 0) is 4.74 Å². The molecule has 1 saturated heterocycles. The molecule has 0 aromatic heterocycles. The van der Waals surface area contributed by atoms with Gasteiger partial charge in [0.15, 0.2) is 0 Å². The monoisotopic (exact) mass is 185 g/mol. The maximum Gasteiger partial charge on any atom is 0.0584 e. The fourth-order valence-electron chi connectivity index (χ4n) is 1.97. The first-order chi connectivity index (χ1) is 6.04. The second-order valence-corrected chi connectivity index (χ2v) is 4.95. The van der Waals surface area contributed by atoms with Gasteiger partial charge in [0, 0.05) is 19.2 Å². The summed E-state index contributed by atoms with van der Waals surface area (Å²) in [4.78, 5) is 2.56. The third-order valence-corrected chi connectivity index (χ3v) is 2.96. The third-order valence-electron chi connectivity index (χ3n) is 2.96. The molecule has 0 spiro atoms. The van der Waals surface area contributed by atoms with Crippen LogP contribution in [0, 0.1) is 0 Å². The zero-order chi connectivity index (χ0) is 9.90. The van der Waals surface area contributed by atoms with Gasteiger partial charge in [-0.3, -0.25) is 4.90 Å². The maximum absolute atomic E-state index is 5.41. The Bertz CT molecular complexity index is 151. The second-order valence-electron chi connectivity index (χ2n) is 4.95. The Morgan fingerprint density at radius 2 is 1.85 bits per heavy atom. The molecule has 0 bridgehead atoms. The van der Waals surface area contributed by atoms with Crippen molar-refractivity contribution in [2.24, 2.45) is 0 Å². The van der Waals surface area contributed by atoms with Crippen LogP contribution in [0.1, 0.15) is 40.0 Å². The lowest BCUT2D eigenvalue weighted by atomic mass is 10.1. The molecule has 0 radical (unpaired) electrons. The number of ether oxygens (including phenoxy) is 1. The fourth-order valence-corrected chi connectivity index (χ4v) is 1.97. The molecule has 0 aromatic carbocycles. The minimum atomic E-state index is 0.322. The van der Waals surface area contributed by atoms with Crippen molar-refractivity contribution in [2.45, 2.75) is 51.7 Å². The Morgan fingerprint density at radius 1 is 1.15 bits per heavy atom. The lowest BCUT2D eigenvalue weighted by molar-refractivity contribution is 0.0826. The summed E-state index contributed by atoms with van der Waals surface area (Å²) in [6, 6.07) is 0. The minimum Gasteiger partial charge on any atom is -0.381 e. The molecule has 78 valence electrons. The van der Waals surface area contributed by atoms with Gasteiger partial charge in [-0.1, -0.05) is 0 Å². The average Bonchev–Trinajstić information content (AvgIpc) is 2.26. The van der Waals surface area contributed by atoms with Gasteiger partial charge in [0.25, 0.3) is 0 Å². The Kier molecular flexibility index (Phi) is 3.74. The SMILES string of the molecule is COC1CCCN(C(C)(C)C)CC1. The molecule has 1 unspecified atom stereocenters. The van der Waals surface area contributed by atoms with Gasteiger partial charge in [-0.15, -0.1) is 0 Å². The molecule has 2 heteroatoms. The van der Waals surface area contributed by atoms with Crippen LogP contribution >= 0.6 is 0 Å².